The van der Waals surface area contributed by atoms with E-state index in [1.807, 2.05) is 13.8 Å². The minimum atomic E-state index is -1.77. The minimum absolute atomic E-state index is 0.0417. The molecule has 0 aromatic rings. The number of fused-ring (bicyclic) bond motifs is 10. The number of carbonyl (C=O) groups is 5. The van der Waals surface area contributed by atoms with Crippen molar-refractivity contribution in [2.75, 3.05) is 13.2 Å². The average molecular weight is 823 g/mol. The summed E-state index contributed by atoms with van der Waals surface area (Å²) in [6.07, 6.45) is 6.74. The molecular formula is C47H66O12. The Labute approximate surface area is 346 Å². The van der Waals surface area contributed by atoms with E-state index < -0.39 is 87.7 Å². The summed E-state index contributed by atoms with van der Waals surface area (Å²) in [5.41, 5.74) is -5.09. The Hall–Kier alpha value is -2.61. The molecule has 0 saturated heterocycles. The van der Waals surface area contributed by atoms with Crippen molar-refractivity contribution in [3.05, 3.63) is 23.3 Å². The van der Waals surface area contributed by atoms with Crippen LogP contribution in [0.25, 0.3) is 0 Å². The largest absolute Gasteiger partial charge is 0.481 e. The normalized spacial score (nSPS) is 49.3. The second kappa shape index (κ2) is 14.5. The number of hydrogen-bond donors (Lipinski definition) is 7. The smallest absolute Gasteiger partial charge is 0.303 e. The molecule has 59 heavy (non-hydrogen) atoms. The Bertz CT molecular complexity index is 1750. The maximum absolute atomic E-state index is 14.0. The van der Waals surface area contributed by atoms with E-state index >= 15 is 0 Å². The molecule has 12 heteroatoms. The van der Waals surface area contributed by atoms with Crippen molar-refractivity contribution in [1.29, 1.82) is 0 Å². The number of hydrogen-bond acceptors (Lipinski definition) is 11. The molecule has 8 aliphatic carbocycles. The average Bonchev–Trinajstić information content (AvgIpc) is 3.61. The SMILES string of the molecule is C[C@]12C[C@H](O)[C@H]3[C@@H](CCC4=CC(=O)CC(C(CCCC(=O)O)C5CC(=O)C=C6CC[C@@H]7[C@H]([C@@H](O)C[C@@]8(C)[C@H]7CC[C@]8(O)C(=O)CO)[C@]65C)[C@@]43C)[C@@H]1CC[C@]2(O)C(=O)CO. The Kier molecular flexibility index (Phi) is 10.6. The first kappa shape index (κ1) is 43.1. The third-order valence-electron chi connectivity index (χ3n) is 19.7. The van der Waals surface area contributed by atoms with Crippen LogP contribution in [-0.2, 0) is 24.0 Å². The number of aliphatic hydroxyl groups excluding tert-OH is 4. The Morgan fingerprint density at radius 2 is 1.10 bits per heavy atom. The van der Waals surface area contributed by atoms with Crippen LogP contribution in [-0.4, -0.2) is 101 Å². The highest BCUT2D eigenvalue weighted by Gasteiger charge is 2.72. The zero-order valence-electron chi connectivity index (χ0n) is 35.2. The third-order valence-corrected chi connectivity index (χ3v) is 19.7. The quantitative estimate of drug-likeness (QED) is 0.167. The van der Waals surface area contributed by atoms with Crippen LogP contribution in [0.1, 0.15) is 124 Å². The number of Topliss-reactive ketones (excluding diaryl/α,β-unsaturated/α-hetero) is 2. The fraction of sp³-hybridized carbons (Fsp3) is 0.809. The highest BCUT2D eigenvalue weighted by atomic mass is 16.4. The summed E-state index contributed by atoms with van der Waals surface area (Å²) in [5, 5.41) is 78.5. The summed E-state index contributed by atoms with van der Waals surface area (Å²) >= 11 is 0. The number of carboxylic acid groups (broad SMARTS) is 1. The number of ketones is 4. The first-order chi connectivity index (χ1) is 27.7. The maximum atomic E-state index is 14.0. The molecule has 7 N–H and O–H groups in total. The molecule has 2 unspecified atom stereocenters. The van der Waals surface area contributed by atoms with Gasteiger partial charge in [-0.3, -0.25) is 24.0 Å². The van der Waals surface area contributed by atoms with Crippen LogP contribution in [0.4, 0.5) is 0 Å². The first-order valence-corrected chi connectivity index (χ1v) is 22.5. The summed E-state index contributed by atoms with van der Waals surface area (Å²) in [6.45, 7) is 6.46. The molecule has 0 spiro atoms. The number of rotatable bonds is 10. The van der Waals surface area contributed by atoms with Crippen LogP contribution in [0.5, 0.6) is 0 Å². The number of aliphatic carboxylic acids is 1. The van der Waals surface area contributed by atoms with Crippen LogP contribution in [0.3, 0.4) is 0 Å². The zero-order chi connectivity index (χ0) is 42.8. The molecule has 16 atom stereocenters. The third kappa shape index (κ3) is 5.77. The monoisotopic (exact) mass is 822 g/mol. The van der Waals surface area contributed by atoms with Gasteiger partial charge in [-0.1, -0.05) is 38.8 Å². The van der Waals surface area contributed by atoms with E-state index in [1.54, 1.807) is 12.2 Å². The summed E-state index contributed by atoms with van der Waals surface area (Å²) in [6, 6.07) is 0. The van der Waals surface area contributed by atoms with Gasteiger partial charge in [-0.2, -0.15) is 0 Å². The number of aliphatic hydroxyl groups is 6. The van der Waals surface area contributed by atoms with Crippen molar-refractivity contribution in [2.24, 2.45) is 74.9 Å². The molecule has 12 nitrogen and oxygen atoms in total. The fourth-order valence-electron chi connectivity index (χ4n) is 17.2. The van der Waals surface area contributed by atoms with Gasteiger partial charge < -0.3 is 35.7 Å². The molecule has 326 valence electrons. The van der Waals surface area contributed by atoms with Gasteiger partial charge in [0.05, 0.1) is 12.2 Å². The second-order valence-corrected chi connectivity index (χ2v) is 21.4. The van der Waals surface area contributed by atoms with E-state index in [9.17, 15) is 59.7 Å². The Morgan fingerprint density at radius 1 is 0.695 bits per heavy atom. The van der Waals surface area contributed by atoms with Gasteiger partial charge >= 0.3 is 5.97 Å². The van der Waals surface area contributed by atoms with Crippen LogP contribution in [0, 0.1) is 74.9 Å². The summed E-state index contributed by atoms with van der Waals surface area (Å²) in [5.74, 6) is -4.63. The predicted octanol–water partition coefficient (Wildman–Crippen LogP) is 3.90. The molecule has 0 amide bonds. The number of carbonyl (C=O) groups excluding carboxylic acids is 4. The van der Waals surface area contributed by atoms with Crippen molar-refractivity contribution in [3.63, 3.8) is 0 Å². The van der Waals surface area contributed by atoms with Crippen LogP contribution in [0.2, 0.25) is 0 Å². The van der Waals surface area contributed by atoms with E-state index in [0.717, 1.165) is 11.1 Å². The minimum Gasteiger partial charge on any atom is -0.481 e. The van der Waals surface area contributed by atoms with Gasteiger partial charge in [0.1, 0.15) is 24.4 Å². The second-order valence-electron chi connectivity index (χ2n) is 21.4. The van der Waals surface area contributed by atoms with Gasteiger partial charge in [0, 0.05) is 30.1 Å². The van der Waals surface area contributed by atoms with Gasteiger partial charge in [-0.05, 0) is 153 Å². The van der Waals surface area contributed by atoms with Crippen molar-refractivity contribution in [2.45, 2.75) is 147 Å². The Balaban J connectivity index is 1.23. The lowest BCUT2D eigenvalue weighted by Crippen LogP contribution is -2.65. The molecule has 8 aliphatic rings. The van der Waals surface area contributed by atoms with E-state index in [-0.39, 0.29) is 97.9 Å². The maximum Gasteiger partial charge on any atom is 0.303 e. The lowest BCUT2D eigenvalue weighted by atomic mass is 9.39. The van der Waals surface area contributed by atoms with Crippen LogP contribution in [0.15, 0.2) is 23.3 Å². The standard InChI is InChI=1S/C47H66O12/c1-42-20-35(52)40-29(31(42)12-14-46(42,58)37(54)22-48)10-8-24-16-26(50)18-33(44(24,40)3)28(6-5-7-39(56)57)34-19-27(51)17-25-9-11-30-32-13-15-47(59,38(55)23-49)43(32,2)21-36(53)41(30)45(25,34)4/h16-17,28-36,40-41,48-49,52-53,58-59H,5-15,18-23H2,1-4H3,(H,56,57)/t28?,29-,30-,31-,32-,33?,34?,35-,36-,40+,41+,42-,43-,44+,45+,46-,47-/m0/s1. The summed E-state index contributed by atoms with van der Waals surface area (Å²) in [7, 11) is 0. The van der Waals surface area contributed by atoms with Gasteiger partial charge in [-0.25, -0.2) is 0 Å². The summed E-state index contributed by atoms with van der Waals surface area (Å²) in [4.78, 5) is 66.4. The molecule has 6 fully saturated rings. The van der Waals surface area contributed by atoms with E-state index in [1.165, 1.54) is 0 Å². The van der Waals surface area contributed by atoms with Gasteiger partial charge in [0.25, 0.3) is 0 Å². The number of allylic oxidation sites excluding steroid dienone is 2. The van der Waals surface area contributed by atoms with Gasteiger partial charge in [-0.15, -0.1) is 0 Å². The van der Waals surface area contributed by atoms with Crippen molar-refractivity contribution in [3.8, 4) is 0 Å². The van der Waals surface area contributed by atoms with Crippen molar-refractivity contribution in [1.82, 2.24) is 0 Å². The van der Waals surface area contributed by atoms with Gasteiger partial charge in [0.15, 0.2) is 23.1 Å². The molecule has 8 rings (SSSR count). The van der Waals surface area contributed by atoms with Crippen LogP contribution < -0.4 is 0 Å². The molecule has 0 aliphatic heterocycles. The number of carboxylic acids is 1. The summed E-state index contributed by atoms with van der Waals surface area (Å²) < 4.78 is 0. The van der Waals surface area contributed by atoms with E-state index in [2.05, 4.69) is 13.8 Å². The highest BCUT2D eigenvalue weighted by molar-refractivity contribution is 5.93. The molecule has 0 aromatic heterocycles. The van der Waals surface area contributed by atoms with E-state index in [0.29, 0.717) is 51.4 Å². The molecule has 0 bridgehead atoms. The van der Waals surface area contributed by atoms with E-state index in [4.69, 9.17) is 0 Å². The zero-order valence-corrected chi connectivity index (χ0v) is 35.2. The molecule has 0 heterocycles. The Morgan fingerprint density at radius 3 is 1.47 bits per heavy atom. The molecule has 0 aromatic carbocycles. The first-order valence-electron chi connectivity index (χ1n) is 22.5. The van der Waals surface area contributed by atoms with Crippen LogP contribution >= 0.6 is 0 Å². The van der Waals surface area contributed by atoms with Gasteiger partial charge in [0.2, 0.25) is 0 Å². The fourth-order valence-corrected chi connectivity index (χ4v) is 17.2. The molecule has 6 saturated carbocycles. The van der Waals surface area contributed by atoms with Crippen molar-refractivity contribution < 1.29 is 59.7 Å². The highest BCUT2D eigenvalue weighted by Crippen LogP contribution is 2.73. The van der Waals surface area contributed by atoms with Crippen molar-refractivity contribution >= 4 is 29.1 Å². The lowest BCUT2D eigenvalue weighted by molar-refractivity contribution is -0.197. The molecular weight excluding hydrogens is 757 g/mol. The lowest BCUT2D eigenvalue weighted by Gasteiger charge is -2.66. The topological polar surface area (TPSA) is 227 Å². The predicted molar refractivity (Wildman–Crippen MR) is 213 cm³/mol. The molecule has 0 radical (unpaired) electrons.